The Morgan fingerprint density at radius 2 is 1.67 bits per heavy atom. The molecule has 0 amide bonds. The number of carboxylic acid groups (broad SMARTS) is 1. The van der Waals surface area contributed by atoms with Gasteiger partial charge in [0.25, 0.3) is 0 Å². The van der Waals surface area contributed by atoms with Crippen molar-refractivity contribution in [1.82, 2.24) is 0 Å². The third kappa shape index (κ3) is 15.4. The molecule has 0 saturated heterocycles. The predicted molar refractivity (Wildman–Crippen MR) is 85.7 cm³/mol. The molecule has 0 fully saturated rings. The van der Waals surface area contributed by atoms with Gasteiger partial charge in [0.2, 0.25) is 0 Å². The highest BCUT2D eigenvalue weighted by Gasteiger charge is 2.24. The number of ether oxygens (including phenoxy) is 1. The Balaban J connectivity index is 0. The van der Waals surface area contributed by atoms with E-state index in [4.69, 9.17) is 9.84 Å². The van der Waals surface area contributed by atoms with Gasteiger partial charge in [0.05, 0.1) is 27.6 Å². The lowest BCUT2D eigenvalue weighted by Crippen LogP contribution is -2.43. The summed E-state index contributed by atoms with van der Waals surface area (Å²) in [6, 6.07) is 0. The van der Waals surface area contributed by atoms with Crippen LogP contribution in [0.5, 0.6) is 0 Å². The van der Waals surface area contributed by atoms with Crippen LogP contribution in [0.4, 0.5) is 0 Å². The molecule has 0 aliphatic carbocycles. The minimum Gasteiger partial charge on any atom is -0.481 e. The Hall–Kier alpha value is -0.810. The number of likely N-dealkylation sites (N-methyl/N-ethyl adjacent to an activating group) is 1. The zero-order valence-corrected chi connectivity index (χ0v) is 14.6. The van der Waals surface area contributed by atoms with Crippen LogP contribution in [-0.2, 0) is 14.3 Å². The summed E-state index contributed by atoms with van der Waals surface area (Å²) in [5.41, 5.74) is 0. The summed E-state index contributed by atoms with van der Waals surface area (Å²) in [4.78, 5) is 22.5. The Bertz CT molecular complexity index is 303. The van der Waals surface area contributed by atoms with E-state index < -0.39 is 12.1 Å². The van der Waals surface area contributed by atoms with Crippen molar-refractivity contribution in [2.75, 3.05) is 27.7 Å². The first-order chi connectivity index (χ1) is 9.24. The summed E-state index contributed by atoms with van der Waals surface area (Å²) in [6.07, 6.45) is 5.07. The fraction of sp³-hybridized carbons (Fsp3) is 0.867. The summed E-state index contributed by atoms with van der Waals surface area (Å²) in [5.74, 6) is -1.21. The smallest absolute Gasteiger partial charge is 0.307 e. The van der Waals surface area contributed by atoms with Crippen LogP contribution >= 0.6 is 12.4 Å². The largest absolute Gasteiger partial charge is 0.481 e. The third-order valence-corrected chi connectivity index (χ3v) is 2.94. The number of carbonyl (C=O) groups is 2. The Kier molecular flexibility index (Phi) is 12.6. The highest BCUT2D eigenvalue weighted by Crippen LogP contribution is 2.10. The SMILES string of the molecule is CCCCCCCC(=O)OC(CC(=O)O)C[N+](C)(C)C.Cl. The molecular weight excluding hydrogens is 294 g/mol. The van der Waals surface area contributed by atoms with E-state index in [0.717, 1.165) is 19.3 Å². The number of hydrogen-bond acceptors (Lipinski definition) is 3. The summed E-state index contributed by atoms with van der Waals surface area (Å²) in [5, 5.41) is 8.87. The number of aliphatic carboxylic acids is 1. The molecule has 0 heterocycles. The Morgan fingerprint density at radius 1 is 1.10 bits per heavy atom. The summed E-state index contributed by atoms with van der Waals surface area (Å²) in [7, 11) is 5.86. The van der Waals surface area contributed by atoms with Crippen LogP contribution in [0, 0.1) is 0 Å². The number of unbranched alkanes of at least 4 members (excludes halogenated alkanes) is 4. The molecule has 0 aliphatic heterocycles. The van der Waals surface area contributed by atoms with Gasteiger partial charge in [-0.3, -0.25) is 9.59 Å². The summed E-state index contributed by atoms with van der Waals surface area (Å²) >= 11 is 0. The number of quaternary nitrogens is 1. The zero-order chi connectivity index (χ0) is 15.6. The molecule has 21 heavy (non-hydrogen) atoms. The number of halogens is 1. The number of carboxylic acids is 1. The highest BCUT2D eigenvalue weighted by atomic mass is 35.5. The molecule has 0 bridgehead atoms. The van der Waals surface area contributed by atoms with Crippen molar-refractivity contribution in [3.05, 3.63) is 0 Å². The molecule has 1 unspecified atom stereocenters. The lowest BCUT2D eigenvalue weighted by molar-refractivity contribution is -0.873. The maximum Gasteiger partial charge on any atom is 0.307 e. The van der Waals surface area contributed by atoms with E-state index >= 15 is 0 Å². The van der Waals surface area contributed by atoms with E-state index in [1.807, 2.05) is 21.1 Å². The average molecular weight is 325 g/mol. The molecule has 1 atom stereocenters. The van der Waals surface area contributed by atoms with E-state index in [0.29, 0.717) is 17.4 Å². The number of hydrogen-bond donors (Lipinski definition) is 1. The van der Waals surface area contributed by atoms with E-state index in [1.54, 1.807) is 0 Å². The molecule has 0 aromatic carbocycles. The topological polar surface area (TPSA) is 63.6 Å². The van der Waals surface area contributed by atoms with Crippen LogP contribution in [0.3, 0.4) is 0 Å². The van der Waals surface area contributed by atoms with E-state index in [9.17, 15) is 9.59 Å². The lowest BCUT2D eigenvalue weighted by Gasteiger charge is -2.28. The van der Waals surface area contributed by atoms with Gasteiger partial charge in [-0.25, -0.2) is 0 Å². The second-order valence-corrected chi connectivity index (χ2v) is 6.35. The number of rotatable bonds is 11. The maximum absolute atomic E-state index is 11.7. The molecule has 0 radical (unpaired) electrons. The van der Waals surface area contributed by atoms with Crippen LogP contribution in [0.15, 0.2) is 0 Å². The summed E-state index contributed by atoms with van der Waals surface area (Å²) < 4.78 is 5.88. The van der Waals surface area contributed by atoms with E-state index in [1.165, 1.54) is 12.8 Å². The quantitative estimate of drug-likeness (QED) is 0.360. The van der Waals surface area contributed by atoms with Gasteiger partial charge >= 0.3 is 11.9 Å². The molecule has 0 spiro atoms. The maximum atomic E-state index is 11.7. The van der Waals surface area contributed by atoms with Crippen LogP contribution < -0.4 is 0 Å². The Morgan fingerprint density at radius 3 is 2.14 bits per heavy atom. The van der Waals surface area contributed by atoms with Crippen molar-refractivity contribution in [1.29, 1.82) is 0 Å². The standard InChI is InChI=1S/C15H29NO4.ClH/c1-5-6-7-8-9-10-15(19)20-13(11-14(17)18)12-16(2,3)4;/h13H,5-12H2,1-4H3;1H/p+1. The molecule has 5 nitrogen and oxygen atoms in total. The number of nitrogens with zero attached hydrogens (tertiary/aromatic N) is 1. The van der Waals surface area contributed by atoms with Crippen LogP contribution in [0.25, 0.3) is 0 Å². The van der Waals surface area contributed by atoms with Gasteiger partial charge in [0.15, 0.2) is 6.10 Å². The normalized spacial score (nSPS) is 12.4. The molecule has 0 aliphatic rings. The molecule has 0 saturated carbocycles. The van der Waals surface area contributed by atoms with Crippen LogP contribution in [0.2, 0.25) is 0 Å². The monoisotopic (exact) mass is 324 g/mol. The van der Waals surface area contributed by atoms with Crippen LogP contribution in [0.1, 0.15) is 51.9 Å². The fourth-order valence-electron chi connectivity index (χ4n) is 2.07. The van der Waals surface area contributed by atoms with Gasteiger partial charge in [0, 0.05) is 6.42 Å². The van der Waals surface area contributed by atoms with Gasteiger partial charge in [-0.15, -0.1) is 12.4 Å². The van der Waals surface area contributed by atoms with Crippen molar-refractivity contribution >= 4 is 24.3 Å². The van der Waals surface area contributed by atoms with Gasteiger partial charge in [-0.1, -0.05) is 32.6 Å². The highest BCUT2D eigenvalue weighted by molar-refractivity contribution is 5.85. The molecule has 0 rings (SSSR count). The van der Waals surface area contributed by atoms with Crippen molar-refractivity contribution in [2.45, 2.75) is 58.0 Å². The zero-order valence-electron chi connectivity index (χ0n) is 13.8. The van der Waals surface area contributed by atoms with E-state index in [2.05, 4.69) is 6.92 Å². The molecular formula is C15H31ClNO4+. The Labute approximate surface area is 134 Å². The van der Waals surface area contributed by atoms with Gasteiger partial charge < -0.3 is 14.3 Å². The number of esters is 1. The summed E-state index contributed by atoms with van der Waals surface area (Å²) in [6.45, 7) is 2.66. The predicted octanol–water partition coefficient (Wildman–Crippen LogP) is 2.86. The fourth-order valence-corrected chi connectivity index (χ4v) is 2.07. The van der Waals surface area contributed by atoms with Crippen molar-refractivity contribution in [2.24, 2.45) is 0 Å². The minimum absolute atomic E-state index is 0. The molecule has 1 N–H and O–H groups in total. The molecule has 0 aromatic heterocycles. The molecule has 126 valence electrons. The van der Waals surface area contributed by atoms with Crippen molar-refractivity contribution < 1.29 is 23.9 Å². The second-order valence-electron chi connectivity index (χ2n) is 6.35. The van der Waals surface area contributed by atoms with Gasteiger partial charge in [-0.05, 0) is 6.42 Å². The van der Waals surface area contributed by atoms with E-state index in [-0.39, 0.29) is 24.8 Å². The van der Waals surface area contributed by atoms with Crippen LogP contribution in [-0.4, -0.2) is 55.3 Å². The van der Waals surface area contributed by atoms with Gasteiger partial charge in [-0.2, -0.15) is 0 Å². The first-order valence-corrected chi connectivity index (χ1v) is 7.46. The number of carbonyl (C=O) groups excluding carboxylic acids is 1. The van der Waals surface area contributed by atoms with Gasteiger partial charge in [0.1, 0.15) is 6.54 Å². The lowest BCUT2D eigenvalue weighted by atomic mass is 10.1. The first-order valence-electron chi connectivity index (χ1n) is 7.46. The third-order valence-electron chi connectivity index (χ3n) is 2.94. The molecule has 6 heteroatoms. The average Bonchev–Trinajstić information content (AvgIpc) is 2.25. The first kappa shape index (κ1) is 22.5. The second kappa shape index (κ2) is 11.8. The van der Waals surface area contributed by atoms with Crippen molar-refractivity contribution in [3.8, 4) is 0 Å². The minimum atomic E-state index is -0.931. The van der Waals surface area contributed by atoms with Crippen molar-refractivity contribution in [3.63, 3.8) is 0 Å². The molecule has 0 aromatic rings.